The number of benzene rings is 1. The molecular formula is C22H25N5. The molecule has 1 aromatic carbocycles. The number of para-hydroxylation sites is 1. The van der Waals surface area contributed by atoms with Crippen molar-refractivity contribution >= 4 is 16.6 Å². The first-order valence-corrected chi connectivity index (χ1v) is 9.79. The van der Waals surface area contributed by atoms with Crippen molar-refractivity contribution in [1.82, 2.24) is 24.3 Å². The van der Waals surface area contributed by atoms with Crippen molar-refractivity contribution in [1.29, 1.82) is 0 Å². The fourth-order valence-corrected chi connectivity index (χ4v) is 4.35. The Labute approximate surface area is 159 Å². The number of imidazole rings is 2. The summed E-state index contributed by atoms with van der Waals surface area (Å²) in [5.74, 6) is 2.74. The molecular weight excluding hydrogens is 334 g/mol. The minimum atomic E-state index is 0.522. The first kappa shape index (κ1) is 16.5. The average molecular weight is 359 g/mol. The van der Waals surface area contributed by atoms with Crippen molar-refractivity contribution in [2.24, 2.45) is 0 Å². The van der Waals surface area contributed by atoms with Gasteiger partial charge in [-0.05, 0) is 63.5 Å². The number of hydrogen-bond donors (Lipinski definition) is 1. The lowest BCUT2D eigenvalue weighted by molar-refractivity contribution is 0.201. The lowest BCUT2D eigenvalue weighted by atomic mass is 9.96. The molecule has 1 N–H and O–H groups in total. The molecule has 1 aliphatic rings. The Bertz CT molecular complexity index is 1100. The summed E-state index contributed by atoms with van der Waals surface area (Å²) in [5, 5.41) is 0. The van der Waals surface area contributed by atoms with Gasteiger partial charge in [-0.15, -0.1) is 0 Å². The van der Waals surface area contributed by atoms with Gasteiger partial charge in [-0.25, -0.2) is 9.97 Å². The van der Waals surface area contributed by atoms with Crippen LogP contribution in [0.1, 0.15) is 41.7 Å². The van der Waals surface area contributed by atoms with Crippen molar-refractivity contribution < 1.29 is 0 Å². The zero-order valence-corrected chi connectivity index (χ0v) is 15.9. The average Bonchev–Trinajstić information content (AvgIpc) is 3.26. The van der Waals surface area contributed by atoms with Gasteiger partial charge < -0.3 is 9.38 Å². The maximum Gasteiger partial charge on any atom is 0.110 e. The van der Waals surface area contributed by atoms with Crippen LogP contribution in [0.25, 0.3) is 16.6 Å². The zero-order valence-electron chi connectivity index (χ0n) is 15.9. The third-order valence-corrected chi connectivity index (χ3v) is 5.88. The van der Waals surface area contributed by atoms with Crippen LogP contribution in [0.2, 0.25) is 0 Å². The number of pyridine rings is 1. The molecule has 0 bridgehead atoms. The molecule has 0 saturated carbocycles. The van der Waals surface area contributed by atoms with Gasteiger partial charge in [0.2, 0.25) is 0 Å². The number of fused-ring (bicyclic) bond motifs is 2. The molecule has 0 atom stereocenters. The molecule has 3 aromatic heterocycles. The Hall–Kier alpha value is -2.66. The molecule has 0 unspecified atom stereocenters. The van der Waals surface area contributed by atoms with E-state index >= 15 is 0 Å². The van der Waals surface area contributed by atoms with Crippen LogP contribution in [-0.2, 0) is 6.54 Å². The smallest absolute Gasteiger partial charge is 0.110 e. The van der Waals surface area contributed by atoms with Gasteiger partial charge in [0.05, 0.1) is 22.2 Å². The Balaban J connectivity index is 1.30. The van der Waals surface area contributed by atoms with Crippen molar-refractivity contribution in [3.8, 4) is 0 Å². The van der Waals surface area contributed by atoms with Gasteiger partial charge in [0.25, 0.3) is 0 Å². The van der Waals surface area contributed by atoms with Gasteiger partial charge in [0.1, 0.15) is 11.6 Å². The number of likely N-dealkylation sites (tertiary alicyclic amines) is 1. The Morgan fingerprint density at radius 3 is 2.70 bits per heavy atom. The van der Waals surface area contributed by atoms with Gasteiger partial charge in [-0.2, -0.15) is 0 Å². The van der Waals surface area contributed by atoms with Gasteiger partial charge in [0, 0.05) is 18.7 Å². The predicted octanol–water partition coefficient (Wildman–Crippen LogP) is 4.21. The lowest BCUT2D eigenvalue weighted by Gasteiger charge is -2.30. The van der Waals surface area contributed by atoms with Crippen LogP contribution in [0.5, 0.6) is 0 Å². The monoisotopic (exact) mass is 359 g/mol. The number of piperidine rings is 1. The second-order valence-corrected chi connectivity index (χ2v) is 7.71. The summed E-state index contributed by atoms with van der Waals surface area (Å²) in [6.45, 7) is 7.31. The van der Waals surface area contributed by atoms with E-state index in [0.29, 0.717) is 5.92 Å². The fourth-order valence-electron chi connectivity index (χ4n) is 4.35. The quantitative estimate of drug-likeness (QED) is 0.596. The normalized spacial score (nSPS) is 16.5. The number of aromatic nitrogens is 4. The number of H-pyrrole nitrogens is 1. The van der Waals surface area contributed by atoms with Crippen molar-refractivity contribution in [2.45, 2.75) is 39.2 Å². The molecule has 1 saturated heterocycles. The molecule has 0 spiro atoms. The topological polar surface area (TPSA) is 49.2 Å². The summed E-state index contributed by atoms with van der Waals surface area (Å²) >= 11 is 0. The zero-order chi connectivity index (χ0) is 18.4. The maximum absolute atomic E-state index is 4.90. The summed E-state index contributed by atoms with van der Waals surface area (Å²) in [6.07, 6.45) is 4.38. The molecule has 1 fully saturated rings. The minimum Gasteiger partial charge on any atom is -0.342 e. The fraction of sp³-hybridized carbons (Fsp3) is 0.364. The van der Waals surface area contributed by atoms with E-state index in [1.807, 2.05) is 0 Å². The van der Waals surface area contributed by atoms with Crippen molar-refractivity contribution in [3.05, 3.63) is 65.5 Å². The van der Waals surface area contributed by atoms with Crippen LogP contribution >= 0.6 is 0 Å². The highest BCUT2D eigenvalue weighted by atomic mass is 15.2. The molecule has 0 radical (unpaired) electrons. The van der Waals surface area contributed by atoms with Crippen LogP contribution in [0.15, 0.2) is 42.6 Å². The number of rotatable bonds is 3. The largest absolute Gasteiger partial charge is 0.342 e. The third-order valence-electron chi connectivity index (χ3n) is 5.88. The molecule has 5 nitrogen and oxygen atoms in total. The van der Waals surface area contributed by atoms with E-state index in [9.17, 15) is 0 Å². The van der Waals surface area contributed by atoms with E-state index in [-0.39, 0.29) is 0 Å². The summed E-state index contributed by atoms with van der Waals surface area (Å²) in [7, 11) is 0. The minimum absolute atomic E-state index is 0.522. The molecule has 0 aliphatic carbocycles. The van der Waals surface area contributed by atoms with Crippen LogP contribution < -0.4 is 0 Å². The Kier molecular flexibility index (Phi) is 3.97. The molecule has 4 aromatic rings. The van der Waals surface area contributed by atoms with E-state index in [0.717, 1.165) is 55.2 Å². The third kappa shape index (κ3) is 2.92. The summed E-state index contributed by atoms with van der Waals surface area (Å²) in [4.78, 5) is 15.8. The van der Waals surface area contributed by atoms with Crippen LogP contribution in [0.3, 0.4) is 0 Å². The van der Waals surface area contributed by atoms with E-state index in [1.165, 1.54) is 16.8 Å². The number of aryl methyl sites for hydroxylation is 2. The maximum atomic E-state index is 4.90. The highest BCUT2D eigenvalue weighted by Gasteiger charge is 2.24. The summed E-state index contributed by atoms with van der Waals surface area (Å²) in [5.41, 5.74) is 5.94. The highest BCUT2D eigenvalue weighted by molar-refractivity contribution is 5.78. The van der Waals surface area contributed by atoms with Gasteiger partial charge in [-0.3, -0.25) is 4.90 Å². The number of nitrogens with one attached hydrogen (secondary N) is 1. The lowest BCUT2D eigenvalue weighted by Crippen LogP contribution is -2.33. The first-order chi connectivity index (χ1) is 13.2. The molecule has 5 heteroatoms. The number of hydrogen-bond acceptors (Lipinski definition) is 3. The van der Waals surface area contributed by atoms with Gasteiger partial charge in [-0.1, -0.05) is 18.2 Å². The van der Waals surface area contributed by atoms with Crippen molar-refractivity contribution in [3.63, 3.8) is 0 Å². The first-order valence-electron chi connectivity index (χ1n) is 9.79. The predicted molar refractivity (Wildman–Crippen MR) is 108 cm³/mol. The standard InChI is InChI=1S/C22H25N5/c1-15-6-5-7-18-21(15)25-22(24-18)17-9-12-26(13-10-17)14-19-20-8-3-4-11-27(20)16(2)23-19/h3-8,11,17H,9-10,12-14H2,1-2H3,(H,24,25). The number of nitrogens with zero attached hydrogens (tertiary/aromatic N) is 4. The molecule has 27 heavy (non-hydrogen) atoms. The van der Waals surface area contributed by atoms with Crippen LogP contribution in [0.4, 0.5) is 0 Å². The van der Waals surface area contributed by atoms with E-state index in [2.05, 4.69) is 70.7 Å². The molecule has 1 aliphatic heterocycles. The van der Waals surface area contributed by atoms with Crippen LogP contribution in [0, 0.1) is 13.8 Å². The second kappa shape index (κ2) is 6.50. The molecule has 138 valence electrons. The van der Waals surface area contributed by atoms with Gasteiger partial charge in [0.15, 0.2) is 0 Å². The SMILES string of the molecule is Cc1cccc2[nH]c(C3CCN(Cc4nc(C)n5ccccc45)CC3)nc12. The second-order valence-electron chi connectivity index (χ2n) is 7.71. The molecule has 4 heterocycles. The summed E-state index contributed by atoms with van der Waals surface area (Å²) in [6, 6.07) is 12.7. The van der Waals surface area contributed by atoms with E-state index < -0.39 is 0 Å². The Morgan fingerprint density at radius 2 is 1.89 bits per heavy atom. The summed E-state index contributed by atoms with van der Waals surface area (Å²) < 4.78 is 2.18. The van der Waals surface area contributed by atoms with Crippen molar-refractivity contribution in [2.75, 3.05) is 13.1 Å². The van der Waals surface area contributed by atoms with Gasteiger partial charge >= 0.3 is 0 Å². The number of aromatic amines is 1. The van der Waals surface area contributed by atoms with Crippen LogP contribution in [-0.4, -0.2) is 37.3 Å². The molecule has 0 amide bonds. The Morgan fingerprint density at radius 1 is 1.04 bits per heavy atom. The van der Waals surface area contributed by atoms with E-state index in [4.69, 9.17) is 9.97 Å². The molecule has 5 rings (SSSR count). The van der Waals surface area contributed by atoms with E-state index in [1.54, 1.807) is 0 Å². The highest BCUT2D eigenvalue weighted by Crippen LogP contribution is 2.29.